The second kappa shape index (κ2) is 5.02. The van der Waals surface area contributed by atoms with Gasteiger partial charge in [0, 0.05) is 10.4 Å². The largest absolute Gasteiger partial charge is 0.441 e. The van der Waals surface area contributed by atoms with Crippen LogP contribution in [-0.2, 0) is 6.42 Å². The topological polar surface area (TPSA) is 26.0 Å². The Morgan fingerprint density at radius 1 is 1.11 bits per heavy atom. The van der Waals surface area contributed by atoms with E-state index in [-0.39, 0.29) is 0 Å². The number of aryl methyl sites for hydroxylation is 2. The summed E-state index contributed by atoms with van der Waals surface area (Å²) >= 11 is 1.75. The van der Waals surface area contributed by atoms with Gasteiger partial charge in [0.25, 0.3) is 0 Å². The van der Waals surface area contributed by atoms with Crippen LogP contribution >= 0.6 is 11.3 Å². The fourth-order valence-corrected chi connectivity index (χ4v) is 2.83. The Kier molecular flexibility index (Phi) is 3.22. The Labute approximate surface area is 116 Å². The molecule has 0 unspecified atom stereocenters. The Balaban J connectivity index is 1.93. The van der Waals surface area contributed by atoms with Crippen LogP contribution in [0.2, 0.25) is 0 Å². The number of hydrogen-bond acceptors (Lipinski definition) is 3. The quantitative estimate of drug-likeness (QED) is 0.673. The van der Waals surface area contributed by atoms with Gasteiger partial charge in [0.05, 0.1) is 5.69 Å². The second-order valence-corrected chi connectivity index (χ2v) is 5.38. The third kappa shape index (κ3) is 2.34. The van der Waals surface area contributed by atoms with E-state index >= 15 is 0 Å². The highest BCUT2D eigenvalue weighted by Crippen LogP contribution is 2.28. The molecule has 19 heavy (non-hydrogen) atoms. The van der Waals surface area contributed by atoms with Crippen LogP contribution in [-0.4, -0.2) is 4.98 Å². The maximum Gasteiger partial charge on any atom is 0.226 e. The van der Waals surface area contributed by atoms with Gasteiger partial charge in [-0.15, -0.1) is 11.3 Å². The van der Waals surface area contributed by atoms with E-state index in [0.29, 0.717) is 5.89 Å². The minimum absolute atomic E-state index is 0.715. The lowest BCUT2D eigenvalue weighted by Gasteiger charge is -1.99. The molecule has 0 saturated carbocycles. The zero-order valence-electron chi connectivity index (χ0n) is 11.0. The van der Waals surface area contributed by atoms with Crippen LogP contribution in [0.1, 0.15) is 18.4 Å². The molecule has 2 aromatic heterocycles. The Morgan fingerprint density at radius 3 is 2.42 bits per heavy atom. The molecule has 0 radical (unpaired) electrons. The molecular weight excluding hydrogens is 254 g/mol. The summed E-state index contributed by atoms with van der Waals surface area (Å²) in [4.78, 5) is 5.81. The summed E-state index contributed by atoms with van der Waals surface area (Å²) in [6.45, 7) is 4.06. The van der Waals surface area contributed by atoms with Gasteiger partial charge in [-0.25, -0.2) is 4.98 Å². The summed E-state index contributed by atoms with van der Waals surface area (Å²) < 4.78 is 5.71. The molecule has 0 saturated heterocycles. The first-order chi connectivity index (χ1) is 9.28. The SMILES string of the molecule is CCc1nc(-c2ccc(-c3cccs3)cc2)oc1C. The van der Waals surface area contributed by atoms with E-state index in [4.69, 9.17) is 4.42 Å². The summed E-state index contributed by atoms with van der Waals surface area (Å²) in [6, 6.07) is 12.6. The van der Waals surface area contributed by atoms with Gasteiger partial charge in [-0.05, 0) is 42.5 Å². The molecule has 0 N–H and O–H groups in total. The summed E-state index contributed by atoms with van der Waals surface area (Å²) in [5.74, 6) is 1.63. The average molecular weight is 269 g/mol. The summed E-state index contributed by atoms with van der Waals surface area (Å²) in [5, 5.41) is 2.09. The molecule has 0 amide bonds. The number of aromatic nitrogens is 1. The smallest absolute Gasteiger partial charge is 0.226 e. The van der Waals surface area contributed by atoms with Gasteiger partial charge in [-0.3, -0.25) is 0 Å². The molecule has 3 rings (SSSR count). The average Bonchev–Trinajstić information content (AvgIpc) is 3.08. The number of oxazole rings is 1. The molecule has 0 aliphatic carbocycles. The van der Waals surface area contributed by atoms with Gasteiger partial charge >= 0.3 is 0 Å². The van der Waals surface area contributed by atoms with Crippen molar-refractivity contribution in [1.82, 2.24) is 4.98 Å². The van der Waals surface area contributed by atoms with E-state index in [0.717, 1.165) is 23.4 Å². The number of benzene rings is 1. The predicted octanol–water partition coefficient (Wildman–Crippen LogP) is 4.94. The van der Waals surface area contributed by atoms with Crippen LogP contribution in [0, 0.1) is 6.92 Å². The molecule has 0 bridgehead atoms. The minimum Gasteiger partial charge on any atom is -0.441 e. The van der Waals surface area contributed by atoms with Crippen molar-refractivity contribution in [3.63, 3.8) is 0 Å². The number of nitrogens with zero attached hydrogens (tertiary/aromatic N) is 1. The molecular formula is C16H15NOS. The van der Waals surface area contributed by atoms with Gasteiger partial charge in [0.1, 0.15) is 5.76 Å². The fourth-order valence-electron chi connectivity index (χ4n) is 2.10. The van der Waals surface area contributed by atoms with Crippen LogP contribution in [0.15, 0.2) is 46.2 Å². The first kappa shape index (κ1) is 12.2. The van der Waals surface area contributed by atoms with Gasteiger partial charge in [0.15, 0.2) is 0 Å². The molecule has 0 fully saturated rings. The number of hydrogen-bond donors (Lipinski definition) is 0. The van der Waals surface area contributed by atoms with Crippen LogP contribution < -0.4 is 0 Å². The highest BCUT2D eigenvalue weighted by Gasteiger charge is 2.10. The van der Waals surface area contributed by atoms with Crippen molar-refractivity contribution in [2.75, 3.05) is 0 Å². The molecule has 0 atom stereocenters. The van der Waals surface area contributed by atoms with E-state index in [1.54, 1.807) is 11.3 Å². The van der Waals surface area contributed by atoms with Crippen molar-refractivity contribution in [3.05, 3.63) is 53.2 Å². The summed E-state index contributed by atoms with van der Waals surface area (Å²) in [6.07, 6.45) is 0.905. The molecule has 0 aliphatic rings. The van der Waals surface area contributed by atoms with Crippen LogP contribution in [0.4, 0.5) is 0 Å². The molecule has 3 heteroatoms. The normalized spacial score (nSPS) is 10.8. The first-order valence-corrected chi connectivity index (χ1v) is 7.26. The summed E-state index contributed by atoms with van der Waals surface area (Å²) in [5.41, 5.74) is 3.30. The van der Waals surface area contributed by atoms with Crippen LogP contribution in [0.3, 0.4) is 0 Å². The lowest BCUT2D eigenvalue weighted by Crippen LogP contribution is -1.83. The maximum atomic E-state index is 5.71. The minimum atomic E-state index is 0.715. The lowest BCUT2D eigenvalue weighted by molar-refractivity contribution is 0.539. The van der Waals surface area contributed by atoms with E-state index in [1.807, 2.05) is 6.92 Å². The predicted molar refractivity (Wildman–Crippen MR) is 79.4 cm³/mol. The first-order valence-electron chi connectivity index (χ1n) is 6.38. The van der Waals surface area contributed by atoms with Crippen molar-refractivity contribution in [3.8, 4) is 21.9 Å². The molecule has 1 aromatic carbocycles. The van der Waals surface area contributed by atoms with Gasteiger partial charge < -0.3 is 4.42 Å². The molecule has 0 spiro atoms. The zero-order valence-corrected chi connectivity index (χ0v) is 11.8. The molecule has 2 heterocycles. The van der Waals surface area contributed by atoms with Crippen molar-refractivity contribution in [2.45, 2.75) is 20.3 Å². The van der Waals surface area contributed by atoms with E-state index in [1.165, 1.54) is 10.4 Å². The van der Waals surface area contributed by atoms with Crippen molar-refractivity contribution >= 4 is 11.3 Å². The monoisotopic (exact) mass is 269 g/mol. The standard InChI is InChI=1S/C16H15NOS/c1-3-14-11(2)18-16(17-14)13-8-6-12(7-9-13)15-5-4-10-19-15/h4-10H,3H2,1-2H3. The Hall–Kier alpha value is -1.87. The maximum absolute atomic E-state index is 5.71. The van der Waals surface area contributed by atoms with Crippen LogP contribution in [0.25, 0.3) is 21.9 Å². The van der Waals surface area contributed by atoms with E-state index in [2.05, 4.69) is 53.7 Å². The lowest BCUT2D eigenvalue weighted by atomic mass is 10.1. The third-order valence-electron chi connectivity index (χ3n) is 3.17. The number of thiophene rings is 1. The van der Waals surface area contributed by atoms with Crippen molar-refractivity contribution < 1.29 is 4.42 Å². The van der Waals surface area contributed by atoms with Crippen LogP contribution in [0.5, 0.6) is 0 Å². The van der Waals surface area contributed by atoms with Gasteiger partial charge in [-0.1, -0.05) is 25.1 Å². The van der Waals surface area contributed by atoms with Crippen molar-refractivity contribution in [1.29, 1.82) is 0 Å². The highest BCUT2D eigenvalue weighted by atomic mass is 32.1. The molecule has 2 nitrogen and oxygen atoms in total. The summed E-state index contributed by atoms with van der Waals surface area (Å²) in [7, 11) is 0. The zero-order chi connectivity index (χ0) is 13.2. The molecule has 3 aromatic rings. The molecule has 96 valence electrons. The Morgan fingerprint density at radius 2 is 1.84 bits per heavy atom. The van der Waals surface area contributed by atoms with Gasteiger partial charge in [-0.2, -0.15) is 0 Å². The second-order valence-electron chi connectivity index (χ2n) is 4.43. The molecule has 0 aliphatic heterocycles. The fraction of sp³-hybridized carbons (Fsp3) is 0.188. The number of rotatable bonds is 3. The Bertz CT molecular complexity index is 665. The van der Waals surface area contributed by atoms with Gasteiger partial charge in [0.2, 0.25) is 5.89 Å². The van der Waals surface area contributed by atoms with E-state index in [9.17, 15) is 0 Å². The van der Waals surface area contributed by atoms with E-state index < -0.39 is 0 Å². The highest BCUT2D eigenvalue weighted by molar-refractivity contribution is 7.13. The third-order valence-corrected chi connectivity index (χ3v) is 4.08. The van der Waals surface area contributed by atoms with Crippen molar-refractivity contribution in [2.24, 2.45) is 0 Å².